The van der Waals surface area contributed by atoms with Crippen LogP contribution in [0.3, 0.4) is 0 Å². The fraction of sp³-hybridized carbons (Fsp3) is 0.786. The molecule has 1 aliphatic carbocycles. The Kier molecular flexibility index (Phi) is 4.21. The maximum Gasteiger partial charge on any atom is 0.223 e. The Morgan fingerprint density at radius 1 is 1.35 bits per heavy atom. The van der Waals surface area contributed by atoms with Gasteiger partial charge in [-0.25, -0.2) is 0 Å². The molecule has 1 amide bonds. The minimum Gasteiger partial charge on any atom is -0.355 e. The Labute approximate surface area is 104 Å². The summed E-state index contributed by atoms with van der Waals surface area (Å²) in [6, 6.07) is 0. The minimum atomic E-state index is 0.200. The molecule has 2 N–H and O–H groups in total. The lowest BCUT2D eigenvalue weighted by molar-refractivity contribution is -0.125. The molecule has 1 saturated heterocycles. The molecule has 2 aliphatic rings. The van der Waals surface area contributed by atoms with Gasteiger partial charge in [-0.1, -0.05) is 19.1 Å². The molecular weight excluding hydrogens is 212 g/mol. The highest BCUT2D eigenvalue weighted by Gasteiger charge is 2.31. The first kappa shape index (κ1) is 12.6. The van der Waals surface area contributed by atoms with Crippen LogP contribution < -0.4 is 10.6 Å². The Morgan fingerprint density at radius 3 is 2.59 bits per heavy atom. The topological polar surface area (TPSA) is 41.1 Å². The van der Waals surface area contributed by atoms with E-state index in [1.807, 2.05) is 0 Å². The van der Waals surface area contributed by atoms with Crippen molar-refractivity contribution in [1.82, 2.24) is 10.6 Å². The number of carbonyl (C=O) groups is 1. The summed E-state index contributed by atoms with van der Waals surface area (Å²) in [5.74, 6) is 0.451. The number of amides is 1. The maximum atomic E-state index is 12.0. The molecule has 1 fully saturated rings. The van der Waals surface area contributed by atoms with Gasteiger partial charge in [0.05, 0.1) is 0 Å². The molecule has 1 heterocycles. The summed E-state index contributed by atoms with van der Waals surface area (Å²) >= 11 is 0. The molecule has 0 radical (unpaired) electrons. The zero-order valence-electron chi connectivity index (χ0n) is 10.8. The van der Waals surface area contributed by atoms with Crippen LogP contribution in [-0.4, -0.2) is 25.5 Å². The van der Waals surface area contributed by atoms with E-state index in [0.29, 0.717) is 5.41 Å². The summed E-state index contributed by atoms with van der Waals surface area (Å²) in [7, 11) is 0. The van der Waals surface area contributed by atoms with Crippen molar-refractivity contribution in [3.05, 3.63) is 12.2 Å². The quantitative estimate of drug-likeness (QED) is 0.731. The van der Waals surface area contributed by atoms with Crippen LogP contribution in [0.2, 0.25) is 0 Å². The molecule has 0 saturated carbocycles. The van der Waals surface area contributed by atoms with Gasteiger partial charge in [0, 0.05) is 12.5 Å². The minimum absolute atomic E-state index is 0.200. The second-order valence-electron chi connectivity index (χ2n) is 5.46. The van der Waals surface area contributed by atoms with Crippen molar-refractivity contribution in [2.24, 2.45) is 11.3 Å². The van der Waals surface area contributed by atoms with E-state index >= 15 is 0 Å². The number of allylic oxidation sites excluding steroid dienone is 2. The van der Waals surface area contributed by atoms with Crippen LogP contribution in [0.15, 0.2) is 12.2 Å². The average Bonchev–Trinajstić information content (AvgIpc) is 2.91. The first-order valence-electron chi connectivity index (χ1n) is 6.89. The second-order valence-corrected chi connectivity index (χ2v) is 5.46. The molecule has 0 bridgehead atoms. The van der Waals surface area contributed by atoms with Gasteiger partial charge in [0.1, 0.15) is 0 Å². The van der Waals surface area contributed by atoms with Gasteiger partial charge < -0.3 is 10.6 Å². The van der Waals surface area contributed by atoms with Gasteiger partial charge in [0.15, 0.2) is 0 Å². The lowest BCUT2D eigenvalue weighted by atomic mass is 9.76. The smallest absolute Gasteiger partial charge is 0.223 e. The van der Waals surface area contributed by atoms with Gasteiger partial charge in [0.25, 0.3) is 0 Å². The van der Waals surface area contributed by atoms with E-state index in [1.165, 1.54) is 12.8 Å². The zero-order valence-corrected chi connectivity index (χ0v) is 10.8. The number of carbonyl (C=O) groups excluding carboxylic acids is 1. The average molecular weight is 236 g/mol. The van der Waals surface area contributed by atoms with E-state index in [0.717, 1.165) is 38.9 Å². The predicted molar refractivity (Wildman–Crippen MR) is 69.7 cm³/mol. The molecule has 1 aliphatic heterocycles. The van der Waals surface area contributed by atoms with Crippen LogP contribution in [0.4, 0.5) is 0 Å². The number of piperidine rings is 1. The van der Waals surface area contributed by atoms with E-state index in [-0.39, 0.29) is 11.8 Å². The normalized spacial score (nSPS) is 23.8. The van der Waals surface area contributed by atoms with Crippen molar-refractivity contribution in [2.75, 3.05) is 19.6 Å². The predicted octanol–water partition coefficient (Wildman–Crippen LogP) is 1.85. The highest BCUT2D eigenvalue weighted by Crippen LogP contribution is 2.31. The first-order valence-corrected chi connectivity index (χ1v) is 6.89. The lowest BCUT2D eigenvalue weighted by Gasteiger charge is -2.37. The van der Waals surface area contributed by atoms with Gasteiger partial charge in [-0.15, -0.1) is 0 Å². The number of nitrogens with one attached hydrogen (secondary N) is 2. The molecule has 0 aromatic heterocycles. The second kappa shape index (κ2) is 5.67. The zero-order chi connectivity index (χ0) is 12.1. The van der Waals surface area contributed by atoms with Crippen LogP contribution in [-0.2, 0) is 4.79 Å². The van der Waals surface area contributed by atoms with Crippen LogP contribution in [0, 0.1) is 11.3 Å². The third-order valence-corrected chi connectivity index (χ3v) is 4.43. The Bertz CT molecular complexity index is 285. The van der Waals surface area contributed by atoms with Crippen molar-refractivity contribution >= 4 is 5.91 Å². The summed E-state index contributed by atoms with van der Waals surface area (Å²) in [5, 5.41) is 6.57. The summed E-state index contributed by atoms with van der Waals surface area (Å²) in [6.45, 7) is 5.29. The number of hydrogen-bond acceptors (Lipinski definition) is 2. The maximum absolute atomic E-state index is 12.0. The molecule has 3 heteroatoms. The molecule has 17 heavy (non-hydrogen) atoms. The molecule has 0 spiro atoms. The molecule has 0 unspecified atom stereocenters. The van der Waals surface area contributed by atoms with Crippen molar-refractivity contribution in [3.8, 4) is 0 Å². The van der Waals surface area contributed by atoms with Gasteiger partial charge in [0.2, 0.25) is 5.91 Å². The summed E-state index contributed by atoms with van der Waals surface area (Å²) < 4.78 is 0. The number of hydrogen-bond donors (Lipinski definition) is 2. The van der Waals surface area contributed by atoms with Crippen molar-refractivity contribution in [1.29, 1.82) is 0 Å². The fourth-order valence-corrected chi connectivity index (χ4v) is 2.86. The Hall–Kier alpha value is -0.830. The van der Waals surface area contributed by atoms with Gasteiger partial charge in [-0.05, 0) is 50.6 Å². The molecule has 96 valence electrons. The van der Waals surface area contributed by atoms with Crippen LogP contribution in [0.1, 0.15) is 39.0 Å². The molecule has 0 aromatic carbocycles. The Balaban J connectivity index is 1.80. The molecule has 2 rings (SSSR count). The van der Waals surface area contributed by atoms with E-state index < -0.39 is 0 Å². The third kappa shape index (κ3) is 3.09. The van der Waals surface area contributed by atoms with E-state index in [2.05, 4.69) is 29.7 Å². The first-order chi connectivity index (χ1) is 8.26. The van der Waals surface area contributed by atoms with Crippen LogP contribution in [0.25, 0.3) is 0 Å². The highest BCUT2D eigenvalue weighted by atomic mass is 16.1. The summed E-state index contributed by atoms with van der Waals surface area (Å²) in [5.41, 5.74) is 0.340. The van der Waals surface area contributed by atoms with Crippen molar-refractivity contribution in [2.45, 2.75) is 39.0 Å². The van der Waals surface area contributed by atoms with Crippen LogP contribution >= 0.6 is 0 Å². The SMILES string of the molecule is CCC1(CNC(=O)C2CC=CC2)CCNCC1. The van der Waals surface area contributed by atoms with Crippen molar-refractivity contribution < 1.29 is 4.79 Å². The van der Waals surface area contributed by atoms with Gasteiger partial charge in [-0.2, -0.15) is 0 Å². The number of rotatable bonds is 4. The summed E-state index contributed by atoms with van der Waals surface area (Å²) in [4.78, 5) is 12.0. The molecule has 3 nitrogen and oxygen atoms in total. The third-order valence-electron chi connectivity index (χ3n) is 4.43. The van der Waals surface area contributed by atoms with Crippen LogP contribution in [0.5, 0.6) is 0 Å². The van der Waals surface area contributed by atoms with Gasteiger partial charge in [-0.3, -0.25) is 4.79 Å². The standard InChI is InChI=1S/C14H24N2O/c1-2-14(7-9-15-10-8-14)11-16-13(17)12-5-3-4-6-12/h3-4,12,15H,2,5-11H2,1H3,(H,16,17). The largest absolute Gasteiger partial charge is 0.355 e. The van der Waals surface area contributed by atoms with Gasteiger partial charge >= 0.3 is 0 Å². The summed E-state index contributed by atoms with van der Waals surface area (Å²) in [6.07, 6.45) is 9.62. The molecule has 0 aromatic rings. The van der Waals surface area contributed by atoms with E-state index in [1.54, 1.807) is 0 Å². The Morgan fingerprint density at radius 2 is 2.00 bits per heavy atom. The fourth-order valence-electron chi connectivity index (χ4n) is 2.86. The van der Waals surface area contributed by atoms with E-state index in [9.17, 15) is 4.79 Å². The monoisotopic (exact) mass is 236 g/mol. The lowest BCUT2D eigenvalue weighted by Crippen LogP contribution is -2.45. The molecule has 0 atom stereocenters. The molecular formula is C14H24N2O. The van der Waals surface area contributed by atoms with E-state index in [4.69, 9.17) is 0 Å². The highest BCUT2D eigenvalue weighted by molar-refractivity contribution is 5.79. The van der Waals surface area contributed by atoms with Crippen molar-refractivity contribution in [3.63, 3.8) is 0 Å².